The molecule has 1 fully saturated rings. The number of nitrogens with one attached hydrogen (secondary N) is 1. The second kappa shape index (κ2) is 3.89. The molecule has 1 heterocycles. The number of hydrogen-bond acceptors (Lipinski definition) is 2. The predicted molar refractivity (Wildman–Crippen MR) is 48.1 cm³/mol. The minimum Gasteiger partial charge on any atom is -0.326 e. The molecule has 1 aliphatic heterocycles. The number of rotatable bonds is 3. The van der Waals surface area contributed by atoms with Gasteiger partial charge in [0.25, 0.3) is 5.91 Å². The molecule has 1 N–H and O–H groups in total. The van der Waals surface area contributed by atoms with Crippen molar-refractivity contribution in [1.29, 1.82) is 0 Å². The molecule has 0 aromatic heterocycles. The highest BCUT2D eigenvalue weighted by Crippen LogP contribution is 2.08. The molecule has 3 amide bonds. The first-order valence-electron chi connectivity index (χ1n) is 3.88. The van der Waals surface area contributed by atoms with Crippen LogP contribution in [0.2, 0.25) is 0 Å². The van der Waals surface area contributed by atoms with Gasteiger partial charge in [-0.2, -0.15) is 0 Å². The van der Waals surface area contributed by atoms with Gasteiger partial charge in [0.1, 0.15) is 6.04 Å². The highest BCUT2D eigenvalue weighted by molar-refractivity contribution is 9.09. The van der Waals surface area contributed by atoms with Gasteiger partial charge in [0, 0.05) is 11.9 Å². The summed E-state index contributed by atoms with van der Waals surface area (Å²) in [7, 11) is 0. The Balaban J connectivity index is 2.64. The van der Waals surface area contributed by atoms with Gasteiger partial charge < -0.3 is 5.32 Å². The van der Waals surface area contributed by atoms with Gasteiger partial charge in [-0.05, 0) is 6.42 Å². The molecule has 0 aliphatic carbocycles. The molecule has 0 saturated carbocycles. The fourth-order valence-corrected chi connectivity index (χ4v) is 1.50. The van der Waals surface area contributed by atoms with Gasteiger partial charge in [-0.15, -0.1) is 0 Å². The van der Waals surface area contributed by atoms with Gasteiger partial charge in [0.2, 0.25) is 0 Å². The van der Waals surface area contributed by atoms with Crippen molar-refractivity contribution < 1.29 is 9.59 Å². The zero-order valence-corrected chi connectivity index (χ0v) is 8.43. The van der Waals surface area contributed by atoms with Gasteiger partial charge in [-0.3, -0.25) is 9.69 Å². The van der Waals surface area contributed by atoms with E-state index in [2.05, 4.69) is 21.2 Å². The molecule has 0 aromatic carbocycles. The summed E-state index contributed by atoms with van der Waals surface area (Å²) in [5.41, 5.74) is 0. The van der Waals surface area contributed by atoms with Crippen LogP contribution in [0.15, 0.2) is 0 Å². The van der Waals surface area contributed by atoms with Gasteiger partial charge >= 0.3 is 6.03 Å². The second-order valence-electron chi connectivity index (χ2n) is 2.59. The third kappa shape index (κ3) is 1.60. The van der Waals surface area contributed by atoms with Crippen LogP contribution in [0.4, 0.5) is 4.79 Å². The van der Waals surface area contributed by atoms with Crippen LogP contribution in [0.25, 0.3) is 0 Å². The van der Waals surface area contributed by atoms with Crippen molar-refractivity contribution in [3.05, 3.63) is 0 Å². The lowest BCUT2D eigenvalue weighted by Gasteiger charge is -2.09. The summed E-state index contributed by atoms with van der Waals surface area (Å²) in [4.78, 5) is 23.7. The lowest BCUT2D eigenvalue weighted by atomic mass is 10.2. The molecular weight excluding hydrogens is 224 g/mol. The van der Waals surface area contributed by atoms with E-state index in [0.29, 0.717) is 18.3 Å². The van der Waals surface area contributed by atoms with E-state index < -0.39 is 0 Å². The summed E-state index contributed by atoms with van der Waals surface area (Å²) < 4.78 is 0. The average molecular weight is 235 g/mol. The lowest BCUT2D eigenvalue weighted by molar-refractivity contribution is -0.127. The minimum absolute atomic E-state index is 0.109. The van der Waals surface area contributed by atoms with E-state index in [-0.39, 0.29) is 18.0 Å². The normalized spacial score (nSPS) is 23.2. The molecule has 12 heavy (non-hydrogen) atoms. The zero-order chi connectivity index (χ0) is 9.14. The average Bonchev–Trinajstić information content (AvgIpc) is 2.32. The first kappa shape index (κ1) is 9.51. The first-order valence-corrected chi connectivity index (χ1v) is 5.00. The largest absolute Gasteiger partial charge is 0.326 e. The van der Waals surface area contributed by atoms with Crippen LogP contribution in [-0.2, 0) is 4.79 Å². The summed E-state index contributed by atoms with van der Waals surface area (Å²) in [6, 6.07) is -0.581. The Hall–Kier alpha value is -0.580. The molecule has 1 aliphatic rings. The van der Waals surface area contributed by atoms with E-state index in [1.807, 2.05) is 6.92 Å². The summed E-state index contributed by atoms with van der Waals surface area (Å²) in [5.74, 6) is -0.109. The maximum Gasteiger partial charge on any atom is 0.324 e. The van der Waals surface area contributed by atoms with E-state index >= 15 is 0 Å². The number of alkyl halides is 1. The fourth-order valence-electron chi connectivity index (χ4n) is 1.15. The number of carbonyl (C=O) groups excluding carboxylic acids is 2. The monoisotopic (exact) mass is 234 g/mol. The number of halogens is 1. The third-order valence-electron chi connectivity index (χ3n) is 1.82. The number of urea groups is 1. The number of carbonyl (C=O) groups is 2. The third-order valence-corrected chi connectivity index (χ3v) is 2.18. The minimum atomic E-state index is -0.309. The Morgan fingerprint density at radius 1 is 1.58 bits per heavy atom. The molecule has 5 heteroatoms. The molecule has 1 rings (SSSR count). The quantitative estimate of drug-likeness (QED) is 0.578. The van der Waals surface area contributed by atoms with Crippen LogP contribution < -0.4 is 5.32 Å². The Morgan fingerprint density at radius 2 is 2.25 bits per heavy atom. The SMILES string of the molecule is CCC1NC(=O)N(CCBr)C1=O. The maximum atomic E-state index is 11.4. The second-order valence-corrected chi connectivity index (χ2v) is 3.38. The van der Waals surface area contributed by atoms with Crippen LogP contribution in [0.5, 0.6) is 0 Å². The summed E-state index contributed by atoms with van der Waals surface area (Å²) in [6.07, 6.45) is 0.656. The first-order chi connectivity index (χ1) is 5.70. The standard InChI is InChI=1S/C7H11BrN2O2/c1-2-5-6(11)10(4-3-8)7(12)9-5/h5H,2-4H2,1H3,(H,9,12). The maximum absolute atomic E-state index is 11.4. The van der Waals surface area contributed by atoms with E-state index in [0.717, 1.165) is 0 Å². The summed E-state index contributed by atoms with van der Waals surface area (Å²) in [5, 5.41) is 3.23. The van der Waals surface area contributed by atoms with Crippen molar-refractivity contribution >= 4 is 27.9 Å². The van der Waals surface area contributed by atoms with Crippen LogP contribution in [-0.4, -0.2) is 34.8 Å². The van der Waals surface area contributed by atoms with E-state index in [4.69, 9.17) is 0 Å². The number of nitrogens with zero attached hydrogens (tertiary/aromatic N) is 1. The fraction of sp³-hybridized carbons (Fsp3) is 0.714. The number of hydrogen-bond donors (Lipinski definition) is 1. The molecule has 0 aromatic rings. The van der Waals surface area contributed by atoms with Gasteiger partial charge in [0.05, 0.1) is 0 Å². The zero-order valence-electron chi connectivity index (χ0n) is 6.84. The van der Waals surface area contributed by atoms with Crippen molar-refractivity contribution in [3.8, 4) is 0 Å². The summed E-state index contributed by atoms with van der Waals surface area (Å²) >= 11 is 3.18. The van der Waals surface area contributed by atoms with Crippen molar-refractivity contribution in [2.75, 3.05) is 11.9 Å². The molecule has 1 unspecified atom stereocenters. The van der Waals surface area contributed by atoms with E-state index in [1.54, 1.807) is 0 Å². The highest BCUT2D eigenvalue weighted by atomic mass is 79.9. The molecule has 0 bridgehead atoms. The molecule has 0 spiro atoms. The van der Waals surface area contributed by atoms with Crippen LogP contribution in [0.1, 0.15) is 13.3 Å². The smallest absolute Gasteiger partial charge is 0.324 e. The van der Waals surface area contributed by atoms with Crippen LogP contribution >= 0.6 is 15.9 Å². The highest BCUT2D eigenvalue weighted by Gasteiger charge is 2.35. The van der Waals surface area contributed by atoms with Gasteiger partial charge in [-0.25, -0.2) is 4.79 Å². The number of imide groups is 1. The molecule has 4 nitrogen and oxygen atoms in total. The van der Waals surface area contributed by atoms with Crippen molar-refractivity contribution in [2.24, 2.45) is 0 Å². The van der Waals surface area contributed by atoms with Crippen molar-refractivity contribution in [2.45, 2.75) is 19.4 Å². The lowest BCUT2D eigenvalue weighted by Crippen LogP contribution is -2.32. The number of amides is 3. The van der Waals surface area contributed by atoms with Crippen molar-refractivity contribution in [1.82, 2.24) is 10.2 Å². The Kier molecular flexibility index (Phi) is 3.08. The van der Waals surface area contributed by atoms with Crippen LogP contribution in [0.3, 0.4) is 0 Å². The molecule has 0 radical (unpaired) electrons. The van der Waals surface area contributed by atoms with Crippen LogP contribution in [0, 0.1) is 0 Å². The predicted octanol–water partition coefficient (Wildman–Crippen LogP) is 0.712. The molecule has 1 saturated heterocycles. The Morgan fingerprint density at radius 3 is 2.67 bits per heavy atom. The topological polar surface area (TPSA) is 49.4 Å². The molecule has 68 valence electrons. The van der Waals surface area contributed by atoms with E-state index in [1.165, 1.54) is 4.90 Å². The van der Waals surface area contributed by atoms with Gasteiger partial charge in [0.15, 0.2) is 0 Å². The molecule has 1 atom stereocenters. The summed E-state index contributed by atoms with van der Waals surface area (Å²) in [6.45, 7) is 2.32. The molecular formula is C7H11BrN2O2. The van der Waals surface area contributed by atoms with Gasteiger partial charge in [-0.1, -0.05) is 22.9 Å². The van der Waals surface area contributed by atoms with E-state index in [9.17, 15) is 9.59 Å². The Bertz CT molecular complexity index is 208. The Labute approximate surface area is 79.4 Å². The van der Waals surface area contributed by atoms with Crippen molar-refractivity contribution in [3.63, 3.8) is 0 Å².